The third-order valence-corrected chi connectivity index (χ3v) is 4.32. The Morgan fingerprint density at radius 2 is 2.32 bits per heavy atom. The monoisotopic (exact) mass is 322 g/mol. The standard InChI is InChI=1S/C14H15BrN2O2/c15-12-5-2-6-13(11(12)7-16)17-8-9-3-1-4-10(9)14(18)19/h2,5-6,9-10,17H,1,3-4,8H2,(H,18,19). The molecule has 1 fully saturated rings. The van der Waals surface area contributed by atoms with Crippen LogP contribution >= 0.6 is 15.9 Å². The summed E-state index contributed by atoms with van der Waals surface area (Å²) in [7, 11) is 0. The SMILES string of the molecule is N#Cc1c(Br)cccc1NCC1CCCC1C(=O)O. The Bertz CT molecular complexity index is 525. The molecule has 0 spiro atoms. The second kappa shape index (κ2) is 6.07. The average Bonchev–Trinajstić information content (AvgIpc) is 2.84. The van der Waals surface area contributed by atoms with Gasteiger partial charge in [-0.25, -0.2) is 0 Å². The van der Waals surface area contributed by atoms with Gasteiger partial charge in [-0.15, -0.1) is 0 Å². The van der Waals surface area contributed by atoms with Gasteiger partial charge < -0.3 is 10.4 Å². The Kier molecular flexibility index (Phi) is 4.43. The third-order valence-electron chi connectivity index (χ3n) is 3.66. The fraction of sp³-hybridized carbons (Fsp3) is 0.429. The Hall–Kier alpha value is -1.54. The second-order valence-electron chi connectivity index (χ2n) is 4.79. The molecule has 1 saturated carbocycles. The van der Waals surface area contributed by atoms with Crippen LogP contribution in [0, 0.1) is 23.2 Å². The molecular formula is C14H15BrN2O2. The van der Waals surface area contributed by atoms with Crippen LogP contribution in [0.1, 0.15) is 24.8 Å². The van der Waals surface area contributed by atoms with E-state index in [2.05, 4.69) is 27.3 Å². The van der Waals surface area contributed by atoms with E-state index in [1.54, 1.807) is 0 Å². The first-order chi connectivity index (χ1) is 9.13. The van der Waals surface area contributed by atoms with E-state index in [0.717, 1.165) is 29.4 Å². The maximum atomic E-state index is 11.1. The molecule has 2 rings (SSSR count). The number of nitrogens with zero attached hydrogens (tertiary/aromatic N) is 1. The average molecular weight is 323 g/mol. The lowest BCUT2D eigenvalue weighted by Crippen LogP contribution is -2.24. The molecule has 0 bridgehead atoms. The highest BCUT2D eigenvalue weighted by molar-refractivity contribution is 9.10. The number of anilines is 1. The molecule has 0 amide bonds. The van der Waals surface area contributed by atoms with Gasteiger partial charge in [0.2, 0.25) is 0 Å². The number of carboxylic acid groups (broad SMARTS) is 1. The summed E-state index contributed by atoms with van der Waals surface area (Å²) in [4.78, 5) is 11.1. The number of hydrogen-bond donors (Lipinski definition) is 2. The fourth-order valence-corrected chi connectivity index (χ4v) is 3.09. The molecule has 19 heavy (non-hydrogen) atoms. The first-order valence-electron chi connectivity index (χ1n) is 6.28. The molecule has 1 aliphatic carbocycles. The summed E-state index contributed by atoms with van der Waals surface area (Å²) in [6, 6.07) is 7.67. The van der Waals surface area contributed by atoms with Gasteiger partial charge in [0.05, 0.1) is 17.2 Å². The number of halogens is 1. The third kappa shape index (κ3) is 3.07. The van der Waals surface area contributed by atoms with E-state index in [0.29, 0.717) is 12.1 Å². The normalized spacial score (nSPS) is 21.9. The molecule has 0 heterocycles. The first-order valence-corrected chi connectivity index (χ1v) is 7.08. The summed E-state index contributed by atoms with van der Waals surface area (Å²) in [6.45, 7) is 0.599. The summed E-state index contributed by atoms with van der Waals surface area (Å²) in [5.74, 6) is -0.827. The van der Waals surface area contributed by atoms with Gasteiger partial charge in [0, 0.05) is 11.0 Å². The molecular weight excluding hydrogens is 308 g/mol. The van der Waals surface area contributed by atoms with Crippen molar-refractivity contribution in [3.63, 3.8) is 0 Å². The van der Waals surface area contributed by atoms with Crippen LogP contribution < -0.4 is 5.32 Å². The quantitative estimate of drug-likeness (QED) is 0.892. The van der Waals surface area contributed by atoms with Gasteiger partial charge in [-0.05, 0) is 46.8 Å². The van der Waals surface area contributed by atoms with Gasteiger partial charge in [-0.1, -0.05) is 12.5 Å². The van der Waals surface area contributed by atoms with Crippen molar-refractivity contribution in [3.05, 3.63) is 28.2 Å². The first kappa shape index (κ1) is 13.9. The highest BCUT2D eigenvalue weighted by Gasteiger charge is 2.32. The summed E-state index contributed by atoms with van der Waals surface area (Å²) in [6.07, 6.45) is 2.65. The van der Waals surface area contributed by atoms with E-state index in [4.69, 9.17) is 10.4 Å². The lowest BCUT2D eigenvalue weighted by Gasteiger charge is -2.17. The number of benzene rings is 1. The number of nitriles is 1. The van der Waals surface area contributed by atoms with Gasteiger partial charge in [0.25, 0.3) is 0 Å². The number of carboxylic acids is 1. The highest BCUT2D eigenvalue weighted by atomic mass is 79.9. The van der Waals surface area contributed by atoms with Crippen LogP contribution in [0.3, 0.4) is 0 Å². The molecule has 2 atom stereocenters. The van der Waals surface area contributed by atoms with Crippen molar-refractivity contribution in [2.45, 2.75) is 19.3 Å². The van der Waals surface area contributed by atoms with Crippen molar-refractivity contribution in [2.75, 3.05) is 11.9 Å². The molecule has 100 valence electrons. The fourth-order valence-electron chi connectivity index (χ4n) is 2.63. The van der Waals surface area contributed by atoms with Crippen LogP contribution in [0.25, 0.3) is 0 Å². The van der Waals surface area contributed by atoms with Gasteiger partial charge in [0.1, 0.15) is 6.07 Å². The predicted octanol–water partition coefficient (Wildman–Crippen LogP) is 3.23. The second-order valence-corrected chi connectivity index (χ2v) is 5.65. The maximum Gasteiger partial charge on any atom is 0.306 e. The minimum Gasteiger partial charge on any atom is -0.481 e. The predicted molar refractivity (Wildman–Crippen MR) is 75.8 cm³/mol. The van der Waals surface area contributed by atoms with Crippen LogP contribution in [0.15, 0.2) is 22.7 Å². The smallest absolute Gasteiger partial charge is 0.306 e. The summed E-state index contributed by atoms with van der Waals surface area (Å²) in [5, 5.41) is 21.5. The van der Waals surface area contributed by atoms with Crippen molar-refractivity contribution in [2.24, 2.45) is 11.8 Å². The van der Waals surface area contributed by atoms with Crippen LogP contribution in [0.5, 0.6) is 0 Å². The minimum atomic E-state index is -0.709. The van der Waals surface area contributed by atoms with E-state index in [-0.39, 0.29) is 11.8 Å². The van der Waals surface area contributed by atoms with Crippen molar-refractivity contribution in [1.29, 1.82) is 5.26 Å². The lowest BCUT2D eigenvalue weighted by molar-refractivity contribution is -0.142. The van der Waals surface area contributed by atoms with Crippen molar-refractivity contribution < 1.29 is 9.90 Å². The van der Waals surface area contributed by atoms with Crippen molar-refractivity contribution in [1.82, 2.24) is 0 Å². The molecule has 1 aromatic carbocycles. The molecule has 2 N–H and O–H groups in total. The molecule has 4 nitrogen and oxygen atoms in total. The Morgan fingerprint density at radius 1 is 1.53 bits per heavy atom. The molecule has 5 heteroatoms. The lowest BCUT2D eigenvalue weighted by atomic mass is 9.96. The van der Waals surface area contributed by atoms with Gasteiger partial charge in [-0.2, -0.15) is 5.26 Å². The molecule has 1 aliphatic rings. The Labute approximate surface area is 120 Å². The van der Waals surface area contributed by atoms with Crippen molar-refractivity contribution in [3.8, 4) is 6.07 Å². The molecule has 0 radical (unpaired) electrons. The van der Waals surface area contributed by atoms with Crippen LogP contribution in [0.4, 0.5) is 5.69 Å². The largest absolute Gasteiger partial charge is 0.481 e. The van der Waals surface area contributed by atoms with Crippen molar-refractivity contribution >= 4 is 27.6 Å². The molecule has 1 aromatic rings. The number of aliphatic carboxylic acids is 1. The zero-order chi connectivity index (χ0) is 13.8. The van der Waals surface area contributed by atoms with Crippen LogP contribution in [-0.4, -0.2) is 17.6 Å². The zero-order valence-corrected chi connectivity index (χ0v) is 12.0. The zero-order valence-electron chi connectivity index (χ0n) is 10.4. The number of carbonyl (C=O) groups is 1. The van der Waals surface area contributed by atoms with E-state index in [1.807, 2.05) is 18.2 Å². The minimum absolute atomic E-state index is 0.142. The van der Waals surface area contributed by atoms with E-state index < -0.39 is 5.97 Å². The Morgan fingerprint density at radius 3 is 3.00 bits per heavy atom. The van der Waals surface area contributed by atoms with Gasteiger partial charge in [0.15, 0.2) is 0 Å². The van der Waals surface area contributed by atoms with E-state index >= 15 is 0 Å². The number of nitrogens with one attached hydrogen (secondary N) is 1. The summed E-state index contributed by atoms with van der Waals surface area (Å²) < 4.78 is 0.751. The van der Waals surface area contributed by atoms with Crippen LogP contribution in [0.2, 0.25) is 0 Å². The molecule has 2 unspecified atom stereocenters. The number of hydrogen-bond acceptors (Lipinski definition) is 3. The summed E-state index contributed by atoms with van der Waals surface area (Å²) >= 11 is 3.34. The van der Waals surface area contributed by atoms with Gasteiger partial charge >= 0.3 is 5.97 Å². The molecule has 0 aliphatic heterocycles. The Balaban J connectivity index is 2.05. The maximum absolute atomic E-state index is 11.1. The highest BCUT2D eigenvalue weighted by Crippen LogP contribution is 2.32. The van der Waals surface area contributed by atoms with Crippen LogP contribution in [-0.2, 0) is 4.79 Å². The van der Waals surface area contributed by atoms with E-state index in [1.165, 1.54) is 0 Å². The topological polar surface area (TPSA) is 73.1 Å². The number of rotatable bonds is 4. The molecule has 0 saturated heterocycles. The molecule has 0 aromatic heterocycles. The van der Waals surface area contributed by atoms with E-state index in [9.17, 15) is 4.79 Å². The van der Waals surface area contributed by atoms with Gasteiger partial charge in [-0.3, -0.25) is 4.79 Å². The summed E-state index contributed by atoms with van der Waals surface area (Å²) in [5.41, 5.74) is 1.32.